The number of fused-ring (bicyclic) bond motifs is 3. The van der Waals surface area contributed by atoms with E-state index in [0.717, 1.165) is 101 Å². The fraction of sp³-hybridized carbons (Fsp3) is 0.312. The van der Waals surface area contributed by atoms with E-state index < -0.39 is 29.7 Å². The van der Waals surface area contributed by atoms with E-state index in [0.29, 0.717) is 13.1 Å². The predicted molar refractivity (Wildman–Crippen MR) is 223 cm³/mol. The highest BCUT2D eigenvalue weighted by Crippen LogP contribution is 2.44. The van der Waals surface area contributed by atoms with E-state index in [-0.39, 0.29) is 47.6 Å². The number of imide groups is 2. The Balaban J connectivity index is 0.744. The van der Waals surface area contributed by atoms with Crippen molar-refractivity contribution in [1.29, 1.82) is 0 Å². The first-order chi connectivity index (χ1) is 28.6. The Morgan fingerprint density at radius 1 is 0.712 bits per heavy atom. The summed E-state index contributed by atoms with van der Waals surface area (Å²) in [5.41, 5.74) is 8.43. The summed E-state index contributed by atoms with van der Waals surface area (Å²) in [4.78, 5) is 71.9. The van der Waals surface area contributed by atoms with Gasteiger partial charge in [-0.15, -0.1) is 0 Å². The number of hydrogen-bond donors (Lipinski definition) is 2. The van der Waals surface area contributed by atoms with Crippen molar-refractivity contribution in [3.05, 3.63) is 119 Å². The largest absolute Gasteiger partial charge is 0.508 e. The fourth-order valence-corrected chi connectivity index (χ4v) is 10.1. The molecule has 0 saturated carbocycles. The molecular formula is C48H45N5O6. The Morgan fingerprint density at radius 3 is 2.03 bits per heavy atom. The average Bonchev–Trinajstić information content (AvgIpc) is 3.75. The van der Waals surface area contributed by atoms with E-state index in [1.54, 1.807) is 18.2 Å². The van der Waals surface area contributed by atoms with Gasteiger partial charge in [-0.3, -0.25) is 39.1 Å². The normalized spacial score (nSPS) is 20.3. The summed E-state index contributed by atoms with van der Waals surface area (Å²) in [5, 5.41) is 14.5. The van der Waals surface area contributed by atoms with Crippen molar-refractivity contribution in [2.75, 3.05) is 37.6 Å². The summed E-state index contributed by atoms with van der Waals surface area (Å²) in [7, 11) is 0. The highest BCUT2D eigenvalue weighted by Gasteiger charge is 2.46. The van der Waals surface area contributed by atoms with Crippen LogP contribution < -0.4 is 10.2 Å². The summed E-state index contributed by atoms with van der Waals surface area (Å²) in [5.74, 6) is -1.69. The summed E-state index contributed by atoms with van der Waals surface area (Å²) >= 11 is 0. The molecule has 11 nitrogen and oxygen atoms in total. The molecule has 5 aromatic carbocycles. The number of amides is 5. The molecule has 5 aliphatic heterocycles. The number of nitrogens with one attached hydrogen (secondary N) is 1. The third-order valence-electron chi connectivity index (χ3n) is 13.5. The van der Waals surface area contributed by atoms with Gasteiger partial charge >= 0.3 is 0 Å². The van der Waals surface area contributed by atoms with E-state index in [9.17, 15) is 29.1 Å². The minimum atomic E-state index is -0.993. The monoisotopic (exact) mass is 787 g/mol. The second kappa shape index (κ2) is 14.5. The minimum Gasteiger partial charge on any atom is -0.508 e. The highest BCUT2D eigenvalue weighted by atomic mass is 16.3. The highest BCUT2D eigenvalue weighted by molar-refractivity contribution is 6.23. The SMILES string of the molecule is O=C1CCC(N2C(=O)c3cc4c(cc3C2=O)CN(CC(=O)N2CCC3(CC2)CCN(c2ccc(-c5c(-c6ccccc6)ccc6cc(O)ccc56)cc2)CC3)C4)C(=O)N1. The van der Waals surface area contributed by atoms with Gasteiger partial charge in [-0.25, -0.2) is 0 Å². The van der Waals surface area contributed by atoms with Crippen LogP contribution in [-0.2, 0) is 27.5 Å². The lowest BCUT2D eigenvalue weighted by molar-refractivity contribution is -0.137. The van der Waals surface area contributed by atoms with E-state index in [4.69, 9.17) is 0 Å². The molecule has 2 N–H and O–H groups in total. The number of piperidine rings is 3. The number of phenolic OH excluding ortho intramolecular Hbond substituents is 1. The van der Waals surface area contributed by atoms with Crippen molar-refractivity contribution in [2.45, 2.75) is 57.7 Å². The van der Waals surface area contributed by atoms with Gasteiger partial charge in [-0.05, 0) is 118 Å². The Kier molecular flexibility index (Phi) is 9.08. The van der Waals surface area contributed by atoms with Crippen LogP contribution in [0.2, 0.25) is 0 Å². The zero-order valence-electron chi connectivity index (χ0n) is 32.8. The summed E-state index contributed by atoms with van der Waals surface area (Å²) in [6.45, 7) is 4.72. The third kappa shape index (κ3) is 6.63. The topological polar surface area (TPSA) is 131 Å². The van der Waals surface area contributed by atoms with Crippen LogP contribution in [0.15, 0.2) is 97.1 Å². The number of likely N-dealkylation sites (tertiary alicyclic amines) is 1. The van der Waals surface area contributed by atoms with Crippen LogP contribution in [-0.4, -0.2) is 88.1 Å². The number of phenols is 1. The van der Waals surface area contributed by atoms with Crippen molar-refractivity contribution in [3.63, 3.8) is 0 Å². The Bertz CT molecular complexity index is 2510. The molecule has 5 amide bonds. The Hall–Kier alpha value is -6.33. The number of nitrogens with zero attached hydrogens (tertiary/aromatic N) is 4. The van der Waals surface area contributed by atoms with E-state index in [1.165, 1.54) is 5.69 Å². The standard InChI is InChI=1S/C48H45N5O6/c54-36-11-13-38-32(24-36)8-12-37(30-4-2-1-3-5-30)44(38)31-6-9-35(10-7-31)51-20-16-48(17-21-51)18-22-52(23-19-48)43(56)29-50-27-33-25-39-40(26-34(33)28-50)47(59)53(46(39)58)41-14-15-42(55)49-45(41)57/h1-13,24-26,41,54H,14-23,27-29H2,(H,49,55,57). The molecule has 0 aliphatic carbocycles. The number of anilines is 1. The Labute approximate surface area is 342 Å². The van der Waals surface area contributed by atoms with Gasteiger partial charge in [-0.2, -0.15) is 0 Å². The molecule has 10 rings (SSSR count). The first-order valence-corrected chi connectivity index (χ1v) is 20.7. The first-order valence-electron chi connectivity index (χ1n) is 20.7. The lowest BCUT2D eigenvalue weighted by Gasteiger charge is -2.47. The van der Waals surface area contributed by atoms with Gasteiger partial charge < -0.3 is 14.9 Å². The van der Waals surface area contributed by atoms with Crippen molar-refractivity contribution in [2.24, 2.45) is 5.41 Å². The lowest BCUT2D eigenvalue weighted by Crippen LogP contribution is -2.54. The second-order valence-electron chi connectivity index (χ2n) is 16.9. The number of hydrogen-bond acceptors (Lipinski definition) is 8. The van der Waals surface area contributed by atoms with Crippen molar-refractivity contribution >= 4 is 46.0 Å². The predicted octanol–water partition coefficient (Wildman–Crippen LogP) is 6.51. The summed E-state index contributed by atoms with van der Waals surface area (Å²) < 4.78 is 0. The van der Waals surface area contributed by atoms with Gasteiger partial charge in [0.1, 0.15) is 11.8 Å². The molecule has 298 valence electrons. The molecule has 5 heterocycles. The lowest BCUT2D eigenvalue weighted by atomic mass is 9.71. The van der Waals surface area contributed by atoms with Crippen LogP contribution in [0.25, 0.3) is 33.0 Å². The van der Waals surface area contributed by atoms with Crippen LogP contribution in [0.3, 0.4) is 0 Å². The van der Waals surface area contributed by atoms with Crippen LogP contribution in [0, 0.1) is 5.41 Å². The maximum Gasteiger partial charge on any atom is 0.262 e. The van der Waals surface area contributed by atoms with Crippen LogP contribution in [0.1, 0.15) is 70.4 Å². The molecule has 11 heteroatoms. The number of rotatable bonds is 6. The molecule has 5 aromatic rings. The zero-order chi connectivity index (χ0) is 40.4. The fourth-order valence-electron chi connectivity index (χ4n) is 10.1. The summed E-state index contributed by atoms with van der Waals surface area (Å²) in [6, 6.07) is 31.7. The van der Waals surface area contributed by atoms with Crippen molar-refractivity contribution in [3.8, 4) is 28.0 Å². The number of carbonyl (C=O) groups excluding carboxylic acids is 5. The van der Waals surface area contributed by atoms with Crippen LogP contribution >= 0.6 is 0 Å². The number of benzene rings is 5. The maximum atomic E-state index is 13.6. The van der Waals surface area contributed by atoms with Crippen LogP contribution in [0.5, 0.6) is 5.75 Å². The molecule has 59 heavy (non-hydrogen) atoms. The van der Waals surface area contributed by atoms with E-state index in [1.807, 2.05) is 23.1 Å². The second-order valence-corrected chi connectivity index (χ2v) is 16.9. The number of aromatic hydroxyl groups is 1. The molecular weight excluding hydrogens is 743 g/mol. The quantitative estimate of drug-likeness (QED) is 0.187. The number of carbonyl (C=O) groups is 5. The molecule has 0 bridgehead atoms. The molecule has 1 unspecified atom stereocenters. The van der Waals surface area contributed by atoms with Gasteiger partial charge in [0.2, 0.25) is 17.7 Å². The van der Waals surface area contributed by atoms with E-state index in [2.05, 4.69) is 75.8 Å². The maximum absolute atomic E-state index is 13.6. The van der Waals surface area contributed by atoms with Gasteiger partial charge in [0.15, 0.2) is 0 Å². The molecule has 5 aliphatic rings. The molecule has 3 saturated heterocycles. The van der Waals surface area contributed by atoms with Crippen LogP contribution in [0.4, 0.5) is 5.69 Å². The summed E-state index contributed by atoms with van der Waals surface area (Å²) in [6.07, 6.45) is 4.36. The molecule has 0 radical (unpaired) electrons. The zero-order valence-corrected chi connectivity index (χ0v) is 32.8. The van der Waals surface area contributed by atoms with Gasteiger partial charge in [0.25, 0.3) is 11.8 Å². The molecule has 0 aromatic heterocycles. The molecule has 1 spiro atoms. The third-order valence-corrected chi connectivity index (χ3v) is 13.5. The smallest absolute Gasteiger partial charge is 0.262 e. The molecule has 3 fully saturated rings. The molecule has 1 atom stereocenters. The van der Waals surface area contributed by atoms with E-state index >= 15 is 0 Å². The van der Waals surface area contributed by atoms with Crippen molar-refractivity contribution < 1.29 is 29.1 Å². The van der Waals surface area contributed by atoms with Gasteiger partial charge in [0.05, 0.1) is 17.7 Å². The van der Waals surface area contributed by atoms with Crippen molar-refractivity contribution in [1.82, 2.24) is 20.0 Å². The Morgan fingerprint density at radius 2 is 1.37 bits per heavy atom. The first kappa shape index (κ1) is 37.0. The van der Waals surface area contributed by atoms with Gasteiger partial charge in [-0.1, -0.05) is 60.7 Å². The average molecular weight is 788 g/mol. The van der Waals surface area contributed by atoms with Gasteiger partial charge in [0, 0.05) is 51.4 Å². The minimum absolute atomic E-state index is 0.0784.